The van der Waals surface area contributed by atoms with Crippen LogP contribution < -0.4 is 11.1 Å². The summed E-state index contributed by atoms with van der Waals surface area (Å²) in [5, 5.41) is 2.76. The van der Waals surface area contributed by atoms with E-state index in [0.29, 0.717) is 6.54 Å². The van der Waals surface area contributed by atoms with Gasteiger partial charge in [-0.25, -0.2) is 4.98 Å². The predicted molar refractivity (Wildman–Crippen MR) is 72.4 cm³/mol. The molecule has 0 fully saturated rings. The lowest BCUT2D eigenvalue weighted by molar-refractivity contribution is -0.123. The number of carbonyl (C=O) groups is 1. The molecule has 1 aromatic heterocycles. The molecule has 0 radical (unpaired) electrons. The minimum Gasteiger partial charge on any atom is -0.348 e. The first kappa shape index (κ1) is 18.6. The van der Waals surface area contributed by atoms with E-state index < -0.39 is 6.04 Å². The summed E-state index contributed by atoms with van der Waals surface area (Å²) in [4.78, 5) is 15.6. The maximum atomic E-state index is 11.5. The van der Waals surface area contributed by atoms with Crippen molar-refractivity contribution in [3.05, 3.63) is 18.2 Å². The summed E-state index contributed by atoms with van der Waals surface area (Å²) in [5.41, 5.74) is 5.70. The van der Waals surface area contributed by atoms with Crippen LogP contribution in [0, 0.1) is 5.92 Å². The van der Waals surface area contributed by atoms with Crippen LogP contribution in [0.15, 0.2) is 12.4 Å². The van der Waals surface area contributed by atoms with Gasteiger partial charge in [0.05, 0.1) is 12.6 Å². The molecule has 17 heavy (non-hydrogen) atoms. The number of aryl methyl sites for hydroxylation is 1. The molecule has 100 valence electrons. The average molecular weight is 283 g/mol. The fourth-order valence-corrected chi connectivity index (χ4v) is 1.15. The molecular formula is C10H20Cl2N4O. The Balaban J connectivity index is 0. The molecule has 0 saturated carbocycles. The van der Waals surface area contributed by atoms with Crippen molar-refractivity contribution in [1.82, 2.24) is 14.9 Å². The normalized spacial score (nSPS) is 11.4. The molecule has 0 bridgehead atoms. The molecule has 0 spiro atoms. The van der Waals surface area contributed by atoms with Crippen molar-refractivity contribution in [2.24, 2.45) is 18.7 Å². The van der Waals surface area contributed by atoms with Crippen LogP contribution in [-0.2, 0) is 18.4 Å². The number of nitrogens with zero attached hydrogens (tertiary/aromatic N) is 2. The maximum Gasteiger partial charge on any atom is 0.237 e. The number of rotatable bonds is 4. The van der Waals surface area contributed by atoms with Crippen molar-refractivity contribution in [3.63, 3.8) is 0 Å². The van der Waals surface area contributed by atoms with E-state index in [1.165, 1.54) is 0 Å². The Kier molecular flexibility index (Phi) is 9.11. The summed E-state index contributed by atoms with van der Waals surface area (Å²) < 4.78 is 1.86. The number of nitrogens with one attached hydrogen (secondary N) is 1. The van der Waals surface area contributed by atoms with E-state index in [0.717, 1.165) is 5.82 Å². The van der Waals surface area contributed by atoms with Gasteiger partial charge < -0.3 is 15.6 Å². The fraction of sp³-hybridized carbons (Fsp3) is 0.600. The minimum atomic E-state index is -0.453. The lowest BCUT2D eigenvalue weighted by Crippen LogP contribution is -2.43. The topological polar surface area (TPSA) is 72.9 Å². The maximum absolute atomic E-state index is 11.5. The average Bonchev–Trinajstić information content (AvgIpc) is 2.59. The molecule has 1 aromatic rings. The number of halogens is 2. The molecule has 1 heterocycles. The smallest absolute Gasteiger partial charge is 0.237 e. The molecule has 0 aliphatic carbocycles. The van der Waals surface area contributed by atoms with Crippen molar-refractivity contribution < 1.29 is 4.79 Å². The van der Waals surface area contributed by atoms with E-state index >= 15 is 0 Å². The molecule has 7 heteroatoms. The summed E-state index contributed by atoms with van der Waals surface area (Å²) in [6, 6.07) is -0.453. The molecule has 0 aliphatic heterocycles. The van der Waals surface area contributed by atoms with Gasteiger partial charge in [-0.2, -0.15) is 0 Å². The zero-order valence-electron chi connectivity index (χ0n) is 10.2. The van der Waals surface area contributed by atoms with Gasteiger partial charge in [0, 0.05) is 19.4 Å². The Morgan fingerprint density at radius 1 is 1.53 bits per heavy atom. The third-order valence-electron chi connectivity index (χ3n) is 2.36. The van der Waals surface area contributed by atoms with Gasteiger partial charge in [0.15, 0.2) is 0 Å². The van der Waals surface area contributed by atoms with Crippen molar-refractivity contribution >= 4 is 30.7 Å². The first-order chi connectivity index (χ1) is 7.02. The van der Waals surface area contributed by atoms with Gasteiger partial charge in [0.1, 0.15) is 5.82 Å². The van der Waals surface area contributed by atoms with Gasteiger partial charge in [-0.15, -0.1) is 24.8 Å². The zero-order chi connectivity index (χ0) is 11.4. The van der Waals surface area contributed by atoms with Crippen LogP contribution in [0.25, 0.3) is 0 Å². The summed E-state index contributed by atoms with van der Waals surface area (Å²) in [5.74, 6) is 0.832. The minimum absolute atomic E-state index is 0. The lowest BCUT2D eigenvalue weighted by atomic mass is 10.1. The molecule has 5 nitrogen and oxygen atoms in total. The number of imidazole rings is 1. The second-order valence-corrected chi connectivity index (χ2v) is 3.94. The van der Waals surface area contributed by atoms with Crippen molar-refractivity contribution in [1.29, 1.82) is 0 Å². The third kappa shape index (κ3) is 5.39. The monoisotopic (exact) mass is 282 g/mol. The largest absolute Gasteiger partial charge is 0.348 e. The summed E-state index contributed by atoms with van der Waals surface area (Å²) in [7, 11) is 1.89. The van der Waals surface area contributed by atoms with Gasteiger partial charge in [0.25, 0.3) is 0 Å². The molecular weight excluding hydrogens is 263 g/mol. The van der Waals surface area contributed by atoms with Crippen LogP contribution in [-0.4, -0.2) is 21.5 Å². The van der Waals surface area contributed by atoms with Crippen molar-refractivity contribution in [3.8, 4) is 0 Å². The van der Waals surface area contributed by atoms with E-state index in [9.17, 15) is 4.79 Å². The van der Waals surface area contributed by atoms with E-state index in [4.69, 9.17) is 5.73 Å². The molecule has 0 aromatic carbocycles. The fourth-order valence-electron chi connectivity index (χ4n) is 1.15. The van der Waals surface area contributed by atoms with Gasteiger partial charge in [-0.05, 0) is 5.92 Å². The van der Waals surface area contributed by atoms with Crippen LogP contribution >= 0.6 is 24.8 Å². The first-order valence-electron chi connectivity index (χ1n) is 5.02. The highest BCUT2D eigenvalue weighted by atomic mass is 35.5. The number of carbonyl (C=O) groups excluding carboxylic acids is 1. The quantitative estimate of drug-likeness (QED) is 0.861. The van der Waals surface area contributed by atoms with Crippen molar-refractivity contribution in [2.45, 2.75) is 26.4 Å². The Hall–Kier alpha value is -0.780. The van der Waals surface area contributed by atoms with E-state index in [2.05, 4.69) is 10.3 Å². The Morgan fingerprint density at radius 3 is 2.53 bits per heavy atom. The van der Waals surface area contributed by atoms with Crippen LogP contribution in [0.1, 0.15) is 19.7 Å². The molecule has 0 unspecified atom stereocenters. The number of aromatic nitrogens is 2. The Bertz CT molecular complexity index is 341. The number of nitrogens with two attached hydrogens (primary N) is 1. The standard InChI is InChI=1S/C10H18N4O.2ClH/c1-7(2)9(11)10(15)13-6-8-12-4-5-14(8)3;;/h4-5,7,9H,6,11H2,1-3H3,(H,13,15);2*1H/t9-;;/m1../s1. The summed E-state index contributed by atoms with van der Waals surface area (Å²) in [6.07, 6.45) is 3.54. The summed E-state index contributed by atoms with van der Waals surface area (Å²) >= 11 is 0. The first-order valence-corrected chi connectivity index (χ1v) is 5.02. The van der Waals surface area contributed by atoms with Gasteiger partial charge >= 0.3 is 0 Å². The zero-order valence-corrected chi connectivity index (χ0v) is 11.8. The molecule has 1 atom stereocenters. The number of hydrogen-bond acceptors (Lipinski definition) is 3. The van der Waals surface area contributed by atoms with Crippen LogP contribution in [0.4, 0.5) is 0 Å². The highest BCUT2D eigenvalue weighted by Crippen LogP contribution is 1.99. The second-order valence-electron chi connectivity index (χ2n) is 3.94. The van der Waals surface area contributed by atoms with Crippen LogP contribution in [0.3, 0.4) is 0 Å². The van der Waals surface area contributed by atoms with E-state index in [-0.39, 0.29) is 36.6 Å². The highest BCUT2D eigenvalue weighted by Gasteiger charge is 2.16. The molecule has 1 amide bonds. The number of amides is 1. The van der Waals surface area contributed by atoms with E-state index in [1.807, 2.05) is 31.7 Å². The molecule has 0 saturated heterocycles. The molecule has 1 rings (SSSR count). The molecule has 0 aliphatic rings. The van der Waals surface area contributed by atoms with Crippen LogP contribution in [0.2, 0.25) is 0 Å². The van der Waals surface area contributed by atoms with Crippen molar-refractivity contribution in [2.75, 3.05) is 0 Å². The lowest BCUT2D eigenvalue weighted by Gasteiger charge is -2.15. The SMILES string of the molecule is CC(C)[C@@H](N)C(=O)NCc1nccn1C.Cl.Cl. The Morgan fingerprint density at radius 2 is 2.12 bits per heavy atom. The Labute approximate surface area is 114 Å². The third-order valence-corrected chi connectivity index (χ3v) is 2.36. The van der Waals surface area contributed by atoms with Crippen LogP contribution in [0.5, 0.6) is 0 Å². The van der Waals surface area contributed by atoms with Gasteiger partial charge in [0.2, 0.25) is 5.91 Å². The highest BCUT2D eigenvalue weighted by molar-refractivity contribution is 5.85. The molecule has 3 N–H and O–H groups in total. The van der Waals surface area contributed by atoms with Gasteiger partial charge in [-0.3, -0.25) is 4.79 Å². The van der Waals surface area contributed by atoms with Gasteiger partial charge in [-0.1, -0.05) is 13.8 Å². The van der Waals surface area contributed by atoms with E-state index in [1.54, 1.807) is 6.20 Å². The second kappa shape index (κ2) is 8.33. The predicted octanol–water partition coefficient (Wildman–Crippen LogP) is 0.863. The number of hydrogen-bond donors (Lipinski definition) is 2. The summed E-state index contributed by atoms with van der Waals surface area (Å²) in [6.45, 7) is 4.26.